The molecule has 0 unspecified atom stereocenters. The zero-order valence-corrected chi connectivity index (χ0v) is 6.75. The van der Waals surface area contributed by atoms with Gasteiger partial charge in [-0.3, -0.25) is 0 Å². The number of hydrogen-bond acceptors (Lipinski definition) is 3. The van der Waals surface area contributed by atoms with E-state index in [0.717, 1.165) is 5.56 Å². The van der Waals surface area contributed by atoms with E-state index in [2.05, 4.69) is 0 Å². The number of aromatic hydroxyl groups is 1. The Bertz CT molecular complexity index is 284. The number of benzene rings is 1. The van der Waals surface area contributed by atoms with Gasteiger partial charge in [-0.2, -0.15) is 0 Å². The highest BCUT2D eigenvalue weighted by atomic mass is 16.3. The van der Waals surface area contributed by atoms with Crippen molar-refractivity contribution in [3.8, 4) is 5.75 Å². The first kappa shape index (κ1) is 8.74. The van der Waals surface area contributed by atoms with Crippen LogP contribution in [0.2, 0.25) is 0 Å². The normalized spacial score (nSPS) is 9.75. The lowest BCUT2D eigenvalue weighted by Gasteiger charge is -2.03. The lowest BCUT2D eigenvalue weighted by Crippen LogP contribution is -2.14. The summed E-state index contributed by atoms with van der Waals surface area (Å²) >= 11 is 0. The maximum atomic E-state index is 9.32. The van der Waals surface area contributed by atoms with Gasteiger partial charge in [-0.25, -0.2) is 0 Å². The highest BCUT2D eigenvalue weighted by Gasteiger charge is 2.01. The maximum Gasteiger partial charge on any atom is 0.119 e. The van der Waals surface area contributed by atoms with Gasteiger partial charge in [0.05, 0.1) is 0 Å². The van der Waals surface area contributed by atoms with E-state index in [1.165, 1.54) is 0 Å². The fourth-order valence-electron chi connectivity index (χ4n) is 0.962. The number of phenolic OH excluding ortho intramolecular Hbond substituents is 1. The van der Waals surface area contributed by atoms with Crippen molar-refractivity contribution in [3.05, 3.63) is 29.8 Å². The SMILES string of the molecule is N=C(CN)Cc1ccccc1O. The molecule has 0 radical (unpaired) electrons. The molecule has 64 valence electrons. The maximum absolute atomic E-state index is 9.32. The standard InChI is InChI=1S/C9H12N2O/c10-6-8(11)5-7-3-1-2-4-9(7)12/h1-4,11-12H,5-6,10H2. The molecule has 0 aliphatic heterocycles. The van der Waals surface area contributed by atoms with Crippen LogP contribution in [-0.4, -0.2) is 17.4 Å². The van der Waals surface area contributed by atoms with Crippen molar-refractivity contribution in [3.63, 3.8) is 0 Å². The predicted octanol–water partition coefficient (Wildman–Crippen LogP) is 0.913. The summed E-state index contributed by atoms with van der Waals surface area (Å²) in [6.45, 7) is 0.244. The summed E-state index contributed by atoms with van der Waals surface area (Å²) in [5.41, 5.74) is 6.45. The summed E-state index contributed by atoms with van der Waals surface area (Å²) < 4.78 is 0. The number of hydrogen-bond donors (Lipinski definition) is 3. The first-order chi connectivity index (χ1) is 5.74. The largest absolute Gasteiger partial charge is 0.508 e. The van der Waals surface area contributed by atoms with Crippen LogP contribution >= 0.6 is 0 Å². The van der Waals surface area contributed by atoms with Crippen LogP contribution in [0.25, 0.3) is 0 Å². The van der Waals surface area contributed by atoms with Crippen molar-refractivity contribution < 1.29 is 5.11 Å². The van der Waals surface area contributed by atoms with E-state index in [9.17, 15) is 5.11 Å². The van der Waals surface area contributed by atoms with Gasteiger partial charge in [0.1, 0.15) is 5.75 Å². The molecule has 0 aliphatic carbocycles. The molecule has 3 heteroatoms. The Morgan fingerprint density at radius 3 is 2.67 bits per heavy atom. The Morgan fingerprint density at radius 2 is 2.08 bits per heavy atom. The van der Waals surface area contributed by atoms with Gasteiger partial charge in [-0.1, -0.05) is 18.2 Å². The summed E-state index contributed by atoms with van der Waals surface area (Å²) in [6, 6.07) is 6.99. The van der Waals surface area contributed by atoms with Crippen molar-refractivity contribution in [1.82, 2.24) is 0 Å². The Balaban J connectivity index is 2.75. The summed E-state index contributed by atoms with van der Waals surface area (Å²) in [5, 5.41) is 16.7. The first-order valence-corrected chi connectivity index (χ1v) is 3.77. The number of para-hydroxylation sites is 1. The second-order valence-corrected chi connectivity index (χ2v) is 2.61. The van der Waals surface area contributed by atoms with Crippen molar-refractivity contribution >= 4 is 5.71 Å². The van der Waals surface area contributed by atoms with Gasteiger partial charge in [0.15, 0.2) is 0 Å². The lowest BCUT2D eigenvalue weighted by molar-refractivity contribution is 0.470. The van der Waals surface area contributed by atoms with Gasteiger partial charge < -0.3 is 16.2 Å². The average Bonchev–Trinajstić information content (AvgIpc) is 2.09. The third-order valence-corrected chi connectivity index (χ3v) is 1.64. The Kier molecular flexibility index (Phi) is 2.82. The average molecular weight is 164 g/mol. The molecule has 12 heavy (non-hydrogen) atoms. The summed E-state index contributed by atoms with van der Waals surface area (Å²) in [6.07, 6.45) is 0.434. The van der Waals surface area contributed by atoms with E-state index in [-0.39, 0.29) is 12.3 Å². The molecule has 1 aromatic rings. The highest BCUT2D eigenvalue weighted by molar-refractivity contribution is 5.85. The molecular formula is C9H12N2O. The number of rotatable bonds is 3. The molecule has 0 saturated heterocycles. The summed E-state index contributed by atoms with van der Waals surface area (Å²) in [5.74, 6) is 0.232. The fourth-order valence-corrected chi connectivity index (χ4v) is 0.962. The molecule has 0 atom stereocenters. The third kappa shape index (κ3) is 2.07. The zero-order valence-electron chi connectivity index (χ0n) is 6.75. The molecule has 1 rings (SSSR count). The van der Waals surface area contributed by atoms with Crippen molar-refractivity contribution in [2.45, 2.75) is 6.42 Å². The van der Waals surface area contributed by atoms with Crippen LogP contribution in [0, 0.1) is 5.41 Å². The van der Waals surface area contributed by atoms with E-state index in [0.29, 0.717) is 12.1 Å². The van der Waals surface area contributed by atoms with Crippen LogP contribution in [0.15, 0.2) is 24.3 Å². The van der Waals surface area contributed by atoms with Gasteiger partial charge in [0.25, 0.3) is 0 Å². The van der Waals surface area contributed by atoms with E-state index >= 15 is 0 Å². The van der Waals surface area contributed by atoms with Gasteiger partial charge in [-0.15, -0.1) is 0 Å². The minimum Gasteiger partial charge on any atom is -0.508 e. The van der Waals surface area contributed by atoms with E-state index in [4.69, 9.17) is 11.1 Å². The van der Waals surface area contributed by atoms with Crippen molar-refractivity contribution in [2.75, 3.05) is 6.54 Å². The number of nitrogens with one attached hydrogen (secondary N) is 1. The second-order valence-electron chi connectivity index (χ2n) is 2.61. The van der Waals surface area contributed by atoms with Gasteiger partial charge >= 0.3 is 0 Å². The van der Waals surface area contributed by atoms with Crippen LogP contribution < -0.4 is 5.73 Å². The lowest BCUT2D eigenvalue weighted by atomic mass is 10.1. The van der Waals surface area contributed by atoms with E-state index in [1.54, 1.807) is 18.2 Å². The second kappa shape index (κ2) is 3.88. The number of phenols is 1. The van der Waals surface area contributed by atoms with Gasteiger partial charge in [-0.05, 0) is 11.6 Å². The predicted molar refractivity (Wildman–Crippen MR) is 48.6 cm³/mol. The zero-order chi connectivity index (χ0) is 8.97. The quantitative estimate of drug-likeness (QED) is 0.581. The van der Waals surface area contributed by atoms with Crippen molar-refractivity contribution in [1.29, 1.82) is 5.41 Å². The Morgan fingerprint density at radius 1 is 1.42 bits per heavy atom. The summed E-state index contributed by atoms with van der Waals surface area (Å²) in [7, 11) is 0. The molecule has 3 nitrogen and oxygen atoms in total. The smallest absolute Gasteiger partial charge is 0.119 e. The molecule has 0 heterocycles. The Labute approximate surface area is 71.3 Å². The minimum atomic E-state index is 0.232. The summed E-state index contributed by atoms with van der Waals surface area (Å²) in [4.78, 5) is 0. The van der Waals surface area contributed by atoms with Crippen molar-refractivity contribution in [2.24, 2.45) is 5.73 Å². The molecule has 0 fully saturated rings. The van der Waals surface area contributed by atoms with Crippen LogP contribution in [0.4, 0.5) is 0 Å². The molecule has 0 amide bonds. The van der Waals surface area contributed by atoms with Crippen LogP contribution in [0.1, 0.15) is 5.56 Å². The van der Waals surface area contributed by atoms with E-state index in [1.807, 2.05) is 6.07 Å². The molecule has 0 aliphatic rings. The first-order valence-electron chi connectivity index (χ1n) is 3.77. The molecule has 0 saturated carbocycles. The molecule has 0 bridgehead atoms. The molecule has 1 aromatic carbocycles. The topological polar surface area (TPSA) is 70.1 Å². The molecule has 0 spiro atoms. The van der Waals surface area contributed by atoms with Gasteiger partial charge in [0, 0.05) is 18.7 Å². The highest BCUT2D eigenvalue weighted by Crippen LogP contribution is 2.15. The van der Waals surface area contributed by atoms with Crippen LogP contribution in [0.3, 0.4) is 0 Å². The molecule has 4 N–H and O–H groups in total. The Hall–Kier alpha value is -1.35. The van der Waals surface area contributed by atoms with Gasteiger partial charge in [0.2, 0.25) is 0 Å². The van der Waals surface area contributed by atoms with E-state index < -0.39 is 0 Å². The molecular weight excluding hydrogens is 152 g/mol. The number of nitrogens with two attached hydrogens (primary N) is 1. The van der Waals surface area contributed by atoms with Crippen LogP contribution in [0.5, 0.6) is 5.75 Å². The molecule has 0 aromatic heterocycles. The minimum absolute atomic E-state index is 0.232. The third-order valence-electron chi connectivity index (χ3n) is 1.64. The fraction of sp³-hybridized carbons (Fsp3) is 0.222. The monoisotopic (exact) mass is 164 g/mol. The van der Waals surface area contributed by atoms with Crippen LogP contribution in [-0.2, 0) is 6.42 Å².